The lowest BCUT2D eigenvalue weighted by molar-refractivity contribution is 0.373. The predicted octanol–water partition coefficient (Wildman–Crippen LogP) is 1.85. The van der Waals surface area contributed by atoms with Gasteiger partial charge in [0.05, 0.1) is 7.11 Å². The Kier molecular flexibility index (Phi) is 2.15. The zero-order chi connectivity index (χ0) is 11.2. The average molecular weight is 207 g/mol. The minimum atomic E-state index is 0.155. The van der Waals surface area contributed by atoms with Crippen molar-refractivity contribution >= 4 is 0 Å². The number of benzene rings is 1. The van der Waals surface area contributed by atoms with E-state index in [1.807, 2.05) is 12.1 Å². The van der Waals surface area contributed by atoms with Gasteiger partial charge in [0.25, 0.3) is 0 Å². The fourth-order valence-electron chi connectivity index (χ4n) is 2.20. The summed E-state index contributed by atoms with van der Waals surface area (Å²) >= 11 is 0. The lowest BCUT2D eigenvalue weighted by Gasteiger charge is -2.07. The van der Waals surface area contributed by atoms with Crippen LogP contribution in [0.4, 0.5) is 0 Å². The van der Waals surface area contributed by atoms with Crippen LogP contribution < -0.4 is 10.5 Å². The number of hydrogen-bond acceptors (Lipinski definition) is 3. The summed E-state index contributed by atoms with van der Waals surface area (Å²) in [5.74, 6) is 1.06. The highest BCUT2D eigenvalue weighted by Gasteiger charge is 2.56. The standard InChI is InChI=1S/C12H17NO2/c1-12(2)10(11(12)13)7-4-5-8(14)9(6-7)15-3/h4-6,10-11,14H,13H2,1-3H3/t10-,11-/m1/s1. The molecule has 1 saturated carbocycles. The molecule has 0 heterocycles. The number of rotatable bonds is 2. The maximum atomic E-state index is 9.48. The van der Waals surface area contributed by atoms with E-state index >= 15 is 0 Å². The number of methoxy groups -OCH3 is 1. The normalized spacial score (nSPS) is 27.5. The number of nitrogens with two attached hydrogens (primary N) is 1. The van der Waals surface area contributed by atoms with Crippen LogP contribution in [0.5, 0.6) is 11.5 Å². The van der Waals surface area contributed by atoms with Crippen molar-refractivity contribution in [2.24, 2.45) is 11.1 Å². The number of phenols is 1. The Bertz CT molecular complexity index is 387. The van der Waals surface area contributed by atoms with E-state index < -0.39 is 0 Å². The molecular formula is C12H17NO2. The second-order valence-corrected chi connectivity index (χ2v) is 4.76. The van der Waals surface area contributed by atoms with Gasteiger partial charge in [-0.15, -0.1) is 0 Å². The van der Waals surface area contributed by atoms with E-state index in [-0.39, 0.29) is 17.2 Å². The Morgan fingerprint density at radius 1 is 1.40 bits per heavy atom. The minimum absolute atomic E-state index is 0.155. The van der Waals surface area contributed by atoms with Crippen molar-refractivity contribution in [3.05, 3.63) is 23.8 Å². The number of aromatic hydroxyl groups is 1. The second kappa shape index (κ2) is 3.14. The predicted molar refractivity (Wildman–Crippen MR) is 59.2 cm³/mol. The first-order valence-corrected chi connectivity index (χ1v) is 5.11. The van der Waals surface area contributed by atoms with Crippen molar-refractivity contribution in [1.29, 1.82) is 0 Å². The summed E-state index contributed by atoms with van der Waals surface area (Å²) in [5.41, 5.74) is 7.30. The molecule has 3 heteroatoms. The van der Waals surface area contributed by atoms with Gasteiger partial charge in [-0.1, -0.05) is 19.9 Å². The average Bonchev–Trinajstić information content (AvgIpc) is 2.68. The van der Waals surface area contributed by atoms with E-state index in [1.54, 1.807) is 13.2 Å². The number of hydrogen-bond donors (Lipinski definition) is 2. The molecular weight excluding hydrogens is 190 g/mol. The molecule has 0 amide bonds. The number of ether oxygens (including phenoxy) is 1. The van der Waals surface area contributed by atoms with Gasteiger partial charge in [-0.05, 0) is 23.1 Å². The zero-order valence-corrected chi connectivity index (χ0v) is 9.32. The monoisotopic (exact) mass is 207 g/mol. The molecule has 3 nitrogen and oxygen atoms in total. The maximum absolute atomic E-state index is 9.48. The molecule has 0 saturated heterocycles. The summed E-state index contributed by atoms with van der Waals surface area (Å²) in [5, 5.41) is 9.48. The largest absolute Gasteiger partial charge is 0.504 e. The van der Waals surface area contributed by atoms with Gasteiger partial charge in [0.15, 0.2) is 11.5 Å². The highest BCUT2D eigenvalue weighted by Crippen LogP contribution is 2.57. The third-order valence-electron chi connectivity index (χ3n) is 3.47. The zero-order valence-electron chi connectivity index (χ0n) is 9.32. The Labute approximate surface area is 89.9 Å². The summed E-state index contributed by atoms with van der Waals surface area (Å²) in [4.78, 5) is 0. The molecule has 0 radical (unpaired) electrons. The van der Waals surface area contributed by atoms with Crippen LogP contribution in [0.25, 0.3) is 0 Å². The van der Waals surface area contributed by atoms with Gasteiger partial charge in [-0.25, -0.2) is 0 Å². The van der Waals surface area contributed by atoms with Gasteiger partial charge in [0, 0.05) is 12.0 Å². The van der Waals surface area contributed by atoms with Crippen LogP contribution in [0.2, 0.25) is 0 Å². The fourth-order valence-corrected chi connectivity index (χ4v) is 2.20. The highest BCUT2D eigenvalue weighted by molar-refractivity contribution is 5.46. The van der Waals surface area contributed by atoms with Crippen molar-refractivity contribution < 1.29 is 9.84 Å². The summed E-state index contributed by atoms with van der Waals surface area (Å²) < 4.78 is 5.08. The Morgan fingerprint density at radius 3 is 2.47 bits per heavy atom. The van der Waals surface area contributed by atoms with E-state index in [2.05, 4.69) is 13.8 Å². The molecule has 82 valence electrons. The van der Waals surface area contributed by atoms with Crippen LogP contribution in [0.15, 0.2) is 18.2 Å². The van der Waals surface area contributed by atoms with Gasteiger partial charge < -0.3 is 15.6 Å². The molecule has 0 bridgehead atoms. The third-order valence-corrected chi connectivity index (χ3v) is 3.47. The molecule has 2 atom stereocenters. The van der Waals surface area contributed by atoms with Crippen LogP contribution in [-0.4, -0.2) is 18.3 Å². The van der Waals surface area contributed by atoms with Gasteiger partial charge in [-0.2, -0.15) is 0 Å². The lowest BCUT2D eigenvalue weighted by Crippen LogP contribution is -2.06. The van der Waals surface area contributed by atoms with Crippen LogP contribution in [0, 0.1) is 5.41 Å². The van der Waals surface area contributed by atoms with Gasteiger partial charge in [-0.3, -0.25) is 0 Å². The van der Waals surface area contributed by atoms with Gasteiger partial charge in [0.1, 0.15) is 0 Å². The van der Waals surface area contributed by atoms with Gasteiger partial charge in [0.2, 0.25) is 0 Å². The van der Waals surface area contributed by atoms with Crippen molar-refractivity contribution in [1.82, 2.24) is 0 Å². The SMILES string of the molecule is COc1cc([C@@H]2[C@@H](N)C2(C)C)ccc1O. The maximum Gasteiger partial charge on any atom is 0.160 e. The Morgan fingerprint density at radius 2 is 2.00 bits per heavy atom. The van der Waals surface area contributed by atoms with E-state index in [0.717, 1.165) is 5.56 Å². The molecule has 1 aromatic rings. The van der Waals surface area contributed by atoms with Crippen LogP contribution in [0.3, 0.4) is 0 Å². The summed E-state index contributed by atoms with van der Waals surface area (Å²) in [6, 6.07) is 5.65. The van der Waals surface area contributed by atoms with E-state index in [1.165, 1.54) is 0 Å². The smallest absolute Gasteiger partial charge is 0.160 e. The first kappa shape index (κ1) is 10.3. The summed E-state index contributed by atoms with van der Waals surface area (Å²) in [7, 11) is 1.55. The minimum Gasteiger partial charge on any atom is -0.504 e. The molecule has 0 aromatic heterocycles. The summed E-state index contributed by atoms with van der Waals surface area (Å²) in [6.45, 7) is 4.31. The van der Waals surface area contributed by atoms with Crippen molar-refractivity contribution in [3.63, 3.8) is 0 Å². The number of phenolic OH excluding ortho intramolecular Hbond substituents is 1. The first-order valence-electron chi connectivity index (χ1n) is 5.11. The molecule has 0 unspecified atom stereocenters. The third kappa shape index (κ3) is 1.47. The van der Waals surface area contributed by atoms with E-state index in [9.17, 15) is 5.11 Å². The highest BCUT2D eigenvalue weighted by atomic mass is 16.5. The van der Waals surface area contributed by atoms with Crippen molar-refractivity contribution in [3.8, 4) is 11.5 Å². The molecule has 1 fully saturated rings. The quantitative estimate of drug-likeness (QED) is 0.778. The molecule has 1 aliphatic carbocycles. The molecule has 15 heavy (non-hydrogen) atoms. The summed E-state index contributed by atoms with van der Waals surface area (Å²) in [6.07, 6.45) is 0. The molecule has 0 aliphatic heterocycles. The molecule has 0 spiro atoms. The topological polar surface area (TPSA) is 55.5 Å². The molecule has 2 rings (SSSR count). The van der Waals surface area contributed by atoms with Crippen LogP contribution in [-0.2, 0) is 0 Å². The fraction of sp³-hybridized carbons (Fsp3) is 0.500. The lowest BCUT2D eigenvalue weighted by atomic mass is 10.0. The molecule has 3 N–H and O–H groups in total. The Hall–Kier alpha value is -1.22. The molecule has 1 aliphatic rings. The first-order chi connectivity index (χ1) is 6.98. The Balaban J connectivity index is 2.32. The second-order valence-electron chi connectivity index (χ2n) is 4.76. The van der Waals surface area contributed by atoms with Crippen LogP contribution in [0.1, 0.15) is 25.3 Å². The molecule has 1 aromatic carbocycles. The van der Waals surface area contributed by atoms with E-state index in [4.69, 9.17) is 10.5 Å². The van der Waals surface area contributed by atoms with Crippen molar-refractivity contribution in [2.45, 2.75) is 25.8 Å². The van der Waals surface area contributed by atoms with Crippen molar-refractivity contribution in [2.75, 3.05) is 7.11 Å². The van der Waals surface area contributed by atoms with E-state index in [0.29, 0.717) is 11.7 Å². The van der Waals surface area contributed by atoms with Gasteiger partial charge >= 0.3 is 0 Å². The van der Waals surface area contributed by atoms with Crippen LogP contribution >= 0.6 is 0 Å².